The van der Waals surface area contributed by atoms with Crippen molar-refractivity contribution < 1.29 is 38.0 Å². The Bertz CT molecular complexity index is 1500. The van der Waals surface area contributed by atoms with Gasteiger partial charge in [0.2, 0.25) is 0 Å². The third-order valence-corrected chi connectivity index (χ3v) is 7.52. The van der Waals surface area contributed by atoms with E-state index in [0.29, 0.717) is 66.0 Å². The molecule has 0 aliphatic carbocycles. The lowest BCUT2D eigenvalue weighted by molar-refractivity contribution is -0.159. The smallest absolute Gasteiger partial charge is 0.332 e. The molecule has 3 heterocycles. The molecule has 1 fully saturated rings. The third kappa shape index (κ3) is 6.06. The van der Waals surface area contributed by atoms with E-state index in [2.05, 4.69) is 4.98 Å². The average Bonchev–Trinajstić information content (AvgIpc) is 3.45. The normalized spacial score (nSPS) is 18.5. The number of carboxylic acids is 1. The van der Waals surface area contributed by atoms with E-state index < -0.39 is 12.1 Å². The standard InChI is InChI=1S/C31H35N3O8/c1-18-10-21(11-28(41-18)30(35)36)24-14-32-15-25-29(24)42-31(33-25)34(16-19-6-8-22(37-2)12-26(19)39-4)17-20-7-9-23(38-3)13-27(20)40-5/h6-9,12-15,18,21,28H,10-11,16-17H2,1-5H3,(H,35,36)/t18-,21?,28-/m1/s1. The fourth-order valence-electron chi connectivity index (χ4n) is 5.41. The van der Waals surface area contributed by atoms with E-state index in [9.17, 15) is 9.90 Å². The van der Waals surface area contributed by atoms with Crippen LogP contribution in [0.25, 0.3) is 11.1 Å². The molecule has 4 aromatic rings. The summed E-state index contributed by atoms with van der Waals surface area (Å²) in [6.45, 7) is 2.67. The number of pyridine rings is 1. The minimum Gasteiger partial charge on any atom is -0.497 e. The Hall–Kier alpha value is -4.51. The number of aliphatic carboxylic acids is 1. The van der Waals surface area contributed by atoms with E-state index in [0.717, 1.165) is 16.7 Å². The fraction of sp³-hybridized carbons (Fsp3) is 0.387. The number of oxazole rings is 1. The van der Waals surface area contributed by atoms with Crippen LogP contribution in [0.3, 0.4) is 0 Å². The van der Waals surface area contributed by atoms with Crippen LogP contribution in [0.1, 0.15) is 42.4 Å². The highest BCUT2D eigenvalue weighted by Gasteiger charge is 2.34. The van der Waals surface area contributed by atoms with Gasteiger partial charge in [0.05, 0.1) is 53.8 Å². The number of methoxy groups -OCH3 is 4. The monoisotopic (exact) mass is 577 g/mol. The van der Waals surface area contributed by atoms with Crippen molar-refractivity contribution in [3.8, 4) is 23.0 Å². The molecule has 0 bridgehead atoms. The third-order valence-electron chi connectivity index (χ3n) is 7.52. The SMILES string of the molecule is COc1ccc(CN(Cc2ccc(OC)cc2OC)c2nc3cncc(C4C[C@@H](C)O[C@@H](C(=O)O)C4)c3o2)c(OC)c1. The van der Waals surface area contributed by atoms with E-state index in [1.54, 1.807) is 40.8 Å². The van der Waals surface area contributed by atoms with Crippen LogP contribution in [0.4, 0.5) is 6.01 Å². The van der Waals surface area contributed by atoms with Gasteiger partial charge in [0, 0.05) is 35.0 Å². The van der Waals surface area contributed by atoms with Gasteiger partial charge in [0.25, 0.3) is 6.01 Å². The summed E-state index contributed by atoms with van der Waals surface area (Å²) in [5.41, 5.74) is 3.78. The van der Waals surface area contributed by atoms with Crippen LogP contribution in [0.2, 0.25) is 0 Å². The molecule has 1 N–H and O–H groups in total. The molecule has 0 saturated carbocycles. The second-order valence-corrected chi connectivity index (χ2v) is 10.2. The molecular formula is C31H35N3O8. The van der Waals surface area contributed by atoms with Gasteiger partial charge in [-0.05, 0) is 49.9 Å². The maximum atomic E-state index is 11.7. The highest BCUT2D eigenvalue weighted by Crippen LogP contribution is 2.39. The number of ether oxygens (including phenoxy) is 5. The number of aromatic nitrogens is 2. The van der Waals surface area contributed by atoms with Crippen molar-refractivity contribution in [1.82, 2.24) is 9.97 Å². The van der Waals surface area contributed by atoms with Gasteiger partial charge in [0.1, 0.15) is 28.5 Å². The lowest BCUT2D eigenvalue weighted by atomic mass is 9.86. The summed E-state index contributed by atoms with van der Waals surface area (Å²) < 4.78 is 34.3. The molecular weight excluding hydrogens is 542 g/mol. The summed E-state index contributed by atoms with van der Waals surface area (Å²) in [7, 11) is 6.45. The Balaban J connectivity index is 1.56. The molecule has 1 unspecified atom stereocenters. The zero-order valence-electron chi connectivity index (χ0n) is 24.3. The predicted molar refractivity (Wildman–Crippen MR) is 155 cm³/mol. The number of hydrogen-bond acceptors (Lipinski definition) is 10. The number of benzene rings is 2. The van der Waals surface area contributed by atoms with E-state index >= 15 is 0 Å². The lowest BCUT2D eigenvalue weighted by Crippen LogP contribution is -2.35. The number of rotatable bonds is 11. The minimum absolute atomic E-state index is 0.108. The van der Waals surface area contributed by atoms with Crippen LogP contribution in [0, 0.1) is 0 Å². The Morgan fingerprint density at radius 2 is 1.55 bits per heavy atom. The molecule has 2 aromatic heterocycles. The summed E-state index contributed by atoms with van der Waals surface area (Å²) in [6.07, 6.45) is 3.26. The molecule has 0 spiro atoms. The first-order valence-electron chi connectivity index (χ1n) is 13.6. The van der Waals surface area contributed by atoms with Crippen LogP contribution >= 0.6 is 0 Å². The summed E-state index contributed by atoms with van der Waals surface area (Å²) in [5, 5.41) is 9.62. The number of carboxylic acid groups (broad SMARTS) is 1. The molecule has 1 aliphatic rings. The lowest BCUT2D eigenvalue weighted by Gasteiger charge is -2.31. The molecule has 5 rings (SSSR count). The Morgan fingerprint density at radius 1 is 0.929 bits per heavy atom. The Labute approximate surface area is 243 Å². The second-order valence-electron chi connectivity index (χ2n) is 10.2. The first-order valence-corrected chi connectivity index (χ1v) is 13.6. The van der Waals surface area contributed by atoms with E-state index in [1.807, 2.05) is 48.2 Å². The van der Waals surface area contributed by atoms with Crippen LogP contribution in [-0.2, 0) is 22.6 Å². The Kier molecular flexibility index (Phi) is 8.67. The number of anilines is 1. The average molecular weight is 578 g/mol. The maximum Gasteiger partial charge on any atom is 0.332 e. The molecule has 0 radical (unpaired) electrons. The van der Waals surface area contributed by atoms with Crippen molar-refractivity contribution in [3.05, 3.63) is 65.5 Å². The van der Waals surface area contributed by atoms with Crippen molar-refractivity contribution in [2.45, 2.75) is 51.0 Å². The Morgan fingerprint density at radius 3 is 2.10 bits per heavy atom. The molecule has 222 valence electrons. The van der Waals surface area contributed by atoms with Crippen molar-refractivity contribution in [2.75, 3.05) is 33.3 Å². The van der Waals surface area contributed by atoms with Crippen LogP contribution in [0.5, 0.6) is 23.0 Å². The first kappa shape index (κ1) is 29.0. The van der Waals surface area contributed by atoms with E-state index in [4.69, 9.17) is 33.1 Å². The van der Waals surface area contributed by atoms with E-state index in [1.165, 1.54) is 0 Å². The molecule has 11 nitrogen and oxygen atoms in total. The van der Waals surface area contributed by atoms with Gasteiger partial charge >= 0.3 is 5.97 Å². The van der Waals surface area contributed by atoms with Gasteiger partial charge < -0.3 is 38.1 Å². The highest BCUT2D eigenvalue weighted by atomic mass is 16.5. The number of fused-ring (bicyclic) bond motifs is 1. The highest BCUT2D eigenvalue weighted by molar-refractivity contribution is 5.78. The molecule has 3 atom stereocenters. The van der Waals surface area contributed by atoms with Gasteiger partial charge in [-0.15, -0.1) is 0 Å². The summed E-state index contributed by atoms with van der Waals surface area (Å²) in [4.78, 5) is 23.0. The minimum atomic E-state index is -0.974. The maximum absolute atomic E-state index is 11.7. The van der Waals surface area contributed by atoms with Gasteiger partial charge in [-0.3, -0.25) is 4.98 Å². The van der Waals surface area contributed by atoms with Crippen LogP contribution < -0.4 is 23.8 Å². The molecule has 1 saturated heterocycles. The number of carbonyl (C=O) groups is 1. The van der Waals surface area contributed by atoms with Crippen molar-refractivity contribution in [3.63, 3.8) is 0 Å². The van der Waals surface area contributed by atoms with Crippen LogP contribution in [0.15, 0.2) is 53.2 Å². The van der Waals surface area contributed by atoms with Gasteiger partial charge in [-0.25, -0.2) is 4.79 Å². The number of nitrogens with zero attached hydrogens (tertiary/aromatic N) is 3. The van der Waals surface area contributed by atoms with Crippen LogP contribution in [-0.4, -0.2) is 61.7 Å². The van der Waals surface area contributed by atoms with Crippen molar-refractivity contribution in [2.24, 2.45) is 0 Å². The molecule has 0 amide bonds. The first-order chi connectivity index (χ1) is 20.3. The fourth-order valence-corrected chi connectivity index (χ4v) is 5.41. The summed E-state index contributed by atoms with van der Waals surface area (Å²) >= 11 is 0. The quantitative estimate of drug-likeness (QED) is 0.253. The summed E-state index contributed by atoms with van der Waals surface area (Å²) in [6, 6.07) is 11.7. The van der Waals surface area contributed by atoms with E-state index in [-0.39, 0.29) is 12.0 Å². The van der Waals surface area contributed by atoms with Gasteiger partial charge in [0.15, 0.2) is 11.7 Å². The van der Waals surface area contributed by atoms with Crippen molar-refractivity contribution >= 4 is 23.1 Å². The van der Waals surface area contributed by atoms with Gasteiger partial charge in [-0.1, -0.05) is 0 Å². The van der Waals surface area contributed by atoms with Gasteiger partial charge in [-0.2, -0.15) is 4.98 Å². The second kappa shape index (κ2) is 12.6. The topological polar surface area (TPSA) is 126 Å². The molecule has 2 aromatic carbocycles. The zero-order valence-corrected chi connectivity index (χ0v) is 24.3. The van der Waals surface area contributed by atoms with Crippen molar-refractivity contribution in [1.29, 1.82) is 0 Å². The largest absolute Gasteiger partial charge is 0.497 e. The molecule has 11 heteroatoms. The predicted octanol–water partition coefficient (Wildman–Crippen LogP) is 5.20. The molecule has 42 heavy (non-hydrogen) atoms. The molecule has 1 aliphatic heterocycles. The number of hydrogen-bond donors (Lipinski definition) is 1. The summed E-state index contributed by atoms with van der Waals surface area (Å²) in [5.74, 6) is 1.61. The zero-order chi connectivity index (χ0) is 29.8.